The Kier molecular flexibility index (Phi) is 6.91. The number of esters is 1. The number of ether oxygens (including phenoxy) is 1. The van der Waals surface area contributed by atoms with Gasteiger partial charge in [-0.25, -0.2) is 16.8 Å². The number of nitrogens with one attached hydrogen (secondary N) is 1. The molecule has 1 saturated heterocycles. The summed E-state index contributed by atoms with van der Waals surface area (Å²) >= 11 is 0. The van der Waals surface area contributed by atoms with Gasteiger partial charge in [-0.05, 0) is 45.4 Å². The second-order valence-corrected chi connectivity index (χ2v) is 11.8. The van der Waals surface area contributed by atoms with Gasteiger partial charge in [-0.1, -0.05) is 18.2 Å². The molecule has 2 heterocycles. The van der Waals surface area contributed by atoms with Gasteiger partial charge in [0.05, 0.1) is 16.4 Å². The molecule has 174 valence electrons. The maximum Gasteiger partial charge on any atom is 0.324 e. The minimum Gasteiger partial charge on any atom is -0.456 e. The van der Waals surface area contributed by atoms with Crippen LogP contribution < -0.4 is 4.72 Å². The van der Waals surface area contributed by atoms with Crippen LogP contribution in [0, 0.1) is 13.8 Å². The first kappa shape index (κ1) is 24.1. The van der Waals surface area contributed by atoms with E-state index in [-0.39, 0.29) is 22.4 Å². The monoisotopic (exact) mass is 482 g/mol. The van der Waals surface area contributed by atoms with Gasteiger partial charge in [0, 0.05) is 23.0 Å². The Balaban J connectivity index is 1.63. The van der Waals surface area contributed by atoms with Crippen molar-refractivity contribution in [1.29, 1.82) is 0 Å². The SMILES string of the molecule is Cc1cc(C(=O)COC(=O)C(C)NS(=O)(=O)c2ccccc2)c(C)n1C1CCS(=O)(=O)C1. The fourth-order valence-corrected chi connectivity index (χ4v) is 6.80. The van der Waals surface area contributed by atoms with Crippen LogP contribution in [0.5, 0.6) is 0 Å². The molecule has 2 atom stereocenters. The zero-order chi connectivity index (χ0) is 23.7. The van der Waals surface area contributed by atoms with Crippen molar-refractivity contribution in [3.05, 3.63) is 53.3 Å². The number of sulfonamides is 1. The Morgan fingerprint density at radius 2 is 1.88 bits per heavy atom. The molecule has 1 aromatic heterocycles. The maximum atomic E-state index is 12.7. The van der Waals surface area contributed by atoms with Crippen LogP contribution in [-0.4, -0.2) is 57.3 Å². The molecule has 0 amide bonds. The first-order valence-electron chi connectivity index (χ1n) is 10.1. The van der Waals surface area contributed by atoms with Gasteiger partial charge in [0.2, 0.25) is 15.8 Å². The molecule has 32 heavy (non-hydrogen) atoms. The number of ketones is 1. The molecule has 9 nitrogen and oxygen atoms in total. The smallest absolute Gasteiger partial charge is 0.324 e. The minimum absolute atomic E-state index is 0.0112. The second kappa shape index (κ2) is 9.16. The topological polar surface area (TPSA) is 129 Å². The van der Waals surface area contributed by atoms with E-state index in [2.05, 4.69) is 4.72 Å². The number of carbonyl (C=O) groups excluding carboxylic acids is 2. The minimum atomic E-state index is -3.91. The van der Waals surface area contributed by atoms with Gasteiger partial charge in [0.1, 0.15) is 6.04 Å². The van der Waals surface area contributed by atoms with E-state index in [4.69, 9.17) is 4.74 Å². The summed E-state index contributed by atoms with van der Waals surface area (Å²) in [6, 6.07) is 7.83. The van der Waals surface area contributed by atoms with Crippen LogP contribution in [0.2, 0.25) is 0 Å². The van der Waals surface area contributed by atoms with Crippen molar-refractivity contribution in [3.8, 4) is 0 Å². The Morgan fingerprint density at radius 1 is 1.22 bits per heavy atom. The highest BCUT2D eigenvalue weighted by molar-refractivity contribution is 7.91. The summed E-state index contributed by atoms with van der Waals surface area (Å²) in [4.78, 5) is 24.9. The van der Waals surface area contributed by atoms with Crippen LogP contribution in [0.1, 0.15) is 41.1 Å². The van der Waals surface area contributed by atoms with Crippen molar-refractivity contribution in [2.45, 2.75) is 44.2 Å². The van der Waals surface area contributed by atoms with E-state index in [1.54, 1.807) is 38.1 Å². The van der Waals surface area contributed by atoms with E-state index in [0.29, 0.717) is 17.7 Å². The molecule has 2 unspecified atom stereocenters. The third-order valence-electron chi connectivity index (χ3n) is 5.44. The van der Waals surface area contributed by atoms with Crippen molar-refractivity contribution in [3.63, 3.8) is 0 Å². The van der Waals surface area contributed by atoms with Crippen LogP contribution in [-0.2, 0) is 29.4 Å². The van der Waals surface area contributed by atoms with Gasteiger partial charge in [0.15, 0.2) is 16.4 Å². The number of aromatic nitrogens is 1. The predicted octanol–water partition coefficient (Wildman–Crippen LogP) is 1.56. The summed E-state index contributed by atoms with van der Waals surface area (Å²) in [5.41, 5.74) is 1.71. The largest absolute Gasteiger partial charge is 0.456 e. The first-order valence-corrected chi connectivity index (χ1v) is 13.4. The number of nitrogens with zero attached hydrogens (tertiary/aromatic N) is 1. The Hall–Kier alpha value is -2.50. The van der Waals surface area contributed by atoms with Gasteiger partial charge < -0.3 is 9.30 Å². The summed E-state index contributed by atoms with van der Waals surface area (Å²) in [6.45, 7) is 4.30. The van der Waals surface area contributed by atoms with Crippen LogP contribution in [0.15, 0.2) is 41.3 Å². The van der Waals surface area contributed by atoms with Gasteiger partial charge in [-0.3, -0.25) is 9.59 Å². The van der Waals surface area contributed by atoms with Crippen molar-refractivity contribution in [2.24, 2.45) is 0 Å². The zero-order valence-electron chi connectivity index (χ0n) is 18.1. The average molecular weight is 483 g/mol. The van der Waals surface area contributed by atoms with Crippen LogP contribution in [0.25, 0.3) is 0 Å². The first-order chi connectivity index (χ1) is 14.9. The lowest BCUT2D eigenvalue weighted by molar-refractivity contribution is -0.144. The van der Waals surface area contributed by atoms with E-state index in [1.807, 2.05) is 4.57 Å². The van der Waals surface area contributed by atoms with E-state index >= 15 is 0 Å². The molecule has 0 bridgehead atoms. The molecule has 1 aliphatic heterocycles. The highest BCUT2D eigenvalue weighted by Crippen LogP contribution is 2.29. The lowest BCUT2D eigenvalue weighted by Crippen LogP contribution is -2.40. The van der Waals surface area contributed by atoms with Gasteiger partial charge in [-0.2, -0.15) is 4.72 Å². The van der Waals surface area contributed by atoms with E-state index in [1.165, 1.54) is 19.1 Å². The molecule has 0 saturated carbocycles. The number of carbonyl (C=O) groups is 2. The number of Topliss-reactive ketones (excluding diaryl/α,β-unsaturated/α-hetero) is 1. The second-order valence-electron chi connectivity index (χ2n) is 7.90. The molecule has 1 aromatic carbocycles. The van der Waals surface area contributed by atoms with E-state index in [9.17, 15) is 26.4 Å². The third kappa shape index (κ3) is 5.28. The molecule has 1 fully saturated rings. The predicted molar refractivity (Wildman–Crippen MR) is 118 cm³/mol. The van der Waals surface area contributed by atoms with Crippen LogP contribution >= 0.6 is 0 Å². The third-order valence-corrected chi connectivity index (χ3v) is 8.75. The number of hydrogen-bond acceptors (Lipinski definition) is 7. The van der Waals surface area contributed by atoms with Crippen LogP contribution in [0.4, 0.5) is 0 Å². The molecular weight excluding hydrogens is 456 g/mol. The number of aryl methyl sites for hydroxylation is 1. The normalized spacial score (nSPS) is 18.9. The Bertz CT molecular complexity index is 1230. The lowest BCUT2D eigenvalue weighted by Gasteiger charge is -2.16. The van der Waals surface area contributed by atoms with Crippen molar-refractivity contribution in [2.75, 3.05) is 18.1 Å². The standard InChI is InChI=1S/C21H26N2O7S2/c1-14-11-19(16(3)23(14)17-9-10-31(26,27)13-17)20(24)12-30-21(25)15(2)22-32(28,29)18-7-5-4-6-8-18/h4-8,11,15,17,22H,9-10,12-13H2,1-3H3. The fraction of sp³-hybridized carbons (Fsp3) is 0.429. The van der Waals surface area contributed by atoms with Crippen molar-refractivity contribution in [1.82, 2.24) is 9.29 Å². The molecule has 1 N–H and O–H groups in total. The zero-order valence-corrected chi connectivity index (χ0v) is 19.7. The molecule has 0 spiro atoms. The molecule has 11 heteroatoms. The number of hydrogen-bond donors (Lipinski definition) is 1. The summed E-state index contributed by atoms with van der Waals surface area (Å²) in [6.07, 6.45) is 0.486. The van der Waals surface area contributed by atoms with E-state index in [0.717, 1.165) is 5.69 Å². The lowest BCUT2D eigenvalue weighted by atomic mass is 10.1. The van der Waals surface area contributed by atoms with Crippen LogP contribution in [0.3, 0.4) is 0 Å². The average Bonchev–Trinajstić information content (AvgIpc) is 3.23. The number of benzene rings is 1. The van der Waals surface area contributed by atoms with E-state index < -0.39 is 44.3 Å². The van der Waals surface area contributed by atoms with Gasteiger partial charge >= 0.3 is 5.97 Å². The quantitative estimate of drug-likeness (QED) is 0.446. The Morgan fingerprint density at radius 3 is 2.47 bits per heavy atom. The molecule has 1 aliphatic rings. The molecule has 0 aliphatic carbocycles. The summed E-state index contributed by atoms with van der Waals surface area (Å²) in [5, 5.41) is 0. The maximum absolute atomic E-state index is 12.7. The highest BCUT2D eigenvalue weighted by atomic mass is 32.2. The molecular formula is C21H26N2O7S2. The Labute approximate surface area is 187 Å². The van der Waals surface area contributed by atoms with Crippen molar-refractivity contribution >= 4 is 31.6 Å². The number of rotatable bonds is 8. The summed E-state index contributed by atoms with van der Waals surface area (Å²) in [5.74, 6) is -1.18. The fourth-order valence-electron chi connectivity index (χ4n) is 3.89. The highest BCUT2D eigenvalue weighted by Gasteiger charge is 2.32. The van der Waals surface area contributed by atoms with Gasteiger partial charge in [-0.15, -0.1) is 0 Å². The van der Waals surface area contributed by atoms with Crippen molar-refractivity contribution < 1.29 is 31.2 Å². The summed E-state index contributed by atoms with van der Waals surface area (Å²) < 4.78 is 57.4. The molecule has 2 aromatic rings. The molecule has 3 rings (SSSR count). The van der Waals surface area contributed by atoms with Gasteiger partial charge in [0.25, 0.3) is 0 Å². The number of sulfone groups is 1. The molecule has 0 radical (unpaired) electrons. The summed E-state index contributed by atoms with van der Waals surface area (Å²) in [7, 11) is -7.00.